The average molecular weight is 402 g/mol. The molecule has 6 nitrogen and oxygen atoms in total. The van der Waals surface area contributed by atoms with Crippen molar-refractivity contribution in [1.29, 1.82) is 0 Å². The van der Waals surface area contributed by atoms with Crippen molar-refractivity contribution in [3.63, 3.8) is 0 Å². The number of nitrogens with zero attached hydrogens (tertiary/aromatic N) is 1. The van der Waals surface area contributed by atoms with E-state index in [1.54, 1.807) is 44.4 Å². The first kappa shape index (κ1) is 19.8. The highest BCUT2D eigenvalue weighted by Crippen LogP contribution is 2.35. The van der Waals surface area contributed by atoms with E-state index in [1.807, 2.05) is 17.6 Å². The van der Waals surface area contributed by atoms with Gasteiger partial charge in [0.05, 0.1) is 29.8 Å². The molecule has 1 aromatic heterocycles. The zero-order chi connectivity index (χ0) is 20.4. The Morgan fingerprint density at radius 3 is 2.50 bits per heavy atom. The molecule has 2 aromatic carbocycles. The molecule has 0 amide bonds. The normalized spacial score (nSPS) is 10.8. The Bertz CT molecular complexity index is 1070. The van der Waals surface area contributed by atoms with Crippen molar-refractivity contribution in [2.24, 2.45) is 0 Å². The summed E-state index contributed by atoms with van der Waals surface area (Å²) in [5, 5.41) is 1.08. The molecule has 0 saturated heterocycles. The summed E-state index contributed by atoms with van der Waals surface area (Å²) in [6.07, 6.45) is 0. The monoisotopic (exact) mass is 401 g/mol. The van der Waals surface area contributed by atoms with Crippen LogP contribution in [0, 0.1) is 6.92 Å². The number of carbonyl (C=O) groups excluding carboxylic acids is 2. The standard InChI is InChI=1S/C21H20ClNO5/c1-5-27-21(25)20-12(2)23(14-6-9-19(26-4)17(22)10-14)18-8-7-15(11-16(18)20)28-13(3)24/h6-11H,5H2,1-4H3. The van der Waals surface area contributed by atoms with Gasteiger partial charge >= 0.3 is 11.9 Å². The van der Waals surface area contributed by atoms with Gasteiger partial charge in [0, 0.05) is 23.7 Å². The zero-order valence-corrected chi connectivity index (χ0v) is 16.8. The average Bonchev–Trinajstić information content (AvgIpc) is 2.92. The molecule has 0 unspecified atom stereocenters. The zero-order valence-electron chi connectivity index (χ0n) is 16.0. The first-order valence-corrected chi connectivity index (χ1v) is 9.09. The summed E-state index contributed by atoms with van der Waals surface area (Å²) in [6.45, 7) is 5.16. The number of hydrogen-bond donors (Lipinski definition) is 0. The molecule has 3 aromatic rings. The summed E-state index contributed by atoms with van der Waals surface area (Å²) in [6, 6.07) is 10.5. The Kier molecular flexibility index (Phi) is 5.61. The second kappa shape index (κ2) is 7.94. The van der Waals surface area contributed by atoms with Gasteiger partial charge in [0.25, 0.3) is 0 Å². The van der Waals surface area contributed by atoms with E-state index in [2.05, 4.69) is 0 Å². The molecule has 1 heterocycles. The maximum Gasteiger partial charge on any atom is 0.340 e. The van der Waals surface area contributed by atoms with Gasteiger partial charge < -0.3 is 18.8 Å². The van der Waals surface area contributed by atoms with Crippen molar-refractivity contribution >= 4 is 34.4 Å². The highest BCUT2D eigenvalue weighted by Gasteiger charge is 2.23. The maximum atomic E-state index is 12.6. The minimum atomic E-state index is -0.441. The second-order valence-electron chi connectivity index (χ2n) is 6.11. The minimum absolute atomic E-state index is 0.253. The van der Waals surface area contributed by atoms with Gasteiger partial charge in [-0.1, -0.05) is 11.6 Å². The molecular weight excluding hydrogens is 382 g/mol. The minimum Gasteiger partial charge on any atom is -0.495 e. The molecule has 0 atom stereocenters. The molecule has 0 fully saturated rings. The molecule has 0 bridgehead atoms. The number of esters is 2. The summed E-state index contributed by atoms with van der Waals surface area (Å²) in [4.78, 5) is 24.0. The quantitative estimate of drug-likeness (QED) is 0.457. The van der Waals surface area contributed by atoms with Crippen molar-refractivity contribution in [2.45, 2.75) is 20.8 Å². The topological polar surface area (TPSA) is 66.8 Å². The van der Waals surface area contributed by atoms with Crippen molar-refractivity contribution in [3.05, 3.63) is 52.7 Å². The van der Waals surface area contributed by atoms with Crippen molar-refractivity contribution in [2.75, 3.05) is 13.7 Å². The lowest BCUT2D eigenvalue weighted by Gasteiger charge is -2.11. The van der Waals surface area contributed by atoms with Crippen molar-refractivity contribution in [3.8, 4) is 17.2 Å². The third-order valence-electron chi connectivity index (χ3n) is 4.31. The molecule has 0 aliphatic rings. The predicted molar refractivity (Wildman–Crippen MR) is 107 cm³/mol. The lowest BCUT2D eigenvalue weighted by atomic mass is 10.1. The second-order valence-corrected chi connectivity index (χ2v) is 6.51. The van der Waals surface area contributed by atoms with E-state index >= 15 is 0 Å². The molecule has 7 heteroatoms. The van der Waals surface area contributed by atoms with E-state index in [9.17, 15) is 9.59 Å². The lowest BCUT2D eigenvalue weighted by molar-refractivity contribution is -0.131. The number of methoxy groups -OCH3 is 1. The Balaban J connectivity index is 2.28. The molecule has 0 saturated carbocycles. The fourth-order valence-electron chi connectivity index (χ4n) is 3.22. The molecule has 146 valence electrons. The molecular formula is C21H20ClNO5. The van der Waals surface area contributed by atoms with Gasteiger partial charge in [-0.05, 0) is 50.2 Å². The van der Waals surface area contributed by atoms with Gasteiger partial charge in [-0.2, -0.15) is 0 Å². The molecule has 28 heavy (non-hydrogen) atoms. The summed E-state index contributed by atoms with van der Waals surface area (Å²) < 4.78 is 17.5. The van der Waals surface area contributed by atoms with Gasteiger partial charge in [-0.25, -0.2) is 4.79 Å². The fourth-order valence-corrected chi connectivity index (χ4v) is 3.47. The van der Waals surface area contributed by atoms with Gasteiger partial charge in [0.2, 0.25) is 0 Å². The Hall–Kier alpha value is -2.99. The van der Waals surface area contributed by atoms with E-state index in [0.29, 0.717) is 33.2 Å². The molecule has 3 rings (SSSR count). The Morgan fingerprint density at radius 1 is 1.14 bits per heavy atom. The summed E-state index contributed by atoms with van der Waals surface area (Å²) in [5.41, 5.74) is 2.63. The number of benzene rings is 2. The first-order chi connectivity index (χ1) is 13.4. The fraction of sp³-hybridized carbons (Fsp3) is 0.238. The van der Waals surface area contributed by atoms with E-state index in [-0.39, 0.29) is 6.61 Å². The Labute approximate surface area is 167 Å². The van der Waals surface area contributed by atoms with Gasteiger partial charge in [-0.15, -0.1) is 0 Å². The number of fused-ring (bicyclic) bond motifs is 1. The number of rotatable bonds is 5. The van der Waals surface area contributed by atoms with E-state index < -0.39 is 11.9 Å². The molecule has 0 spiro atoms. The molecule has 0 aliphatic carbocycles. The van der Waals surface area contributed by atoms with Crippen LogP contribution in [0.15, 0.2) is 36.4 Å². The predicted octanol–water partition coefficient (Wildman–Crippen LogP) is 4.70. The molecule has 0 N–H and O–H groups in total. The van der Waals surface area contributed by atoms with E-state index in [4.69, 9.17) is 25.8 Å². The summed E-state index contributed by atoms with van der Waals surface area (Å²) in [7, 11) is 1.55. The van der Waals surface area contributed by atoms with Crippen LogP contribution in [0.5, 0.6) is 11.5 Å². The van der Waals surface area contributed by atoms with Crippen LogP contribution in [0.3, 0.4) is 0 Å². The SMILES string of the molecule is CCOC(=O)c1c(C)n(-c2ccc(OC)c(Cl)c2)c2ccc(OC(C)=O)cc12. The first-order valence-electron chi connectivity index (χ1n) is 8.71. The van der Waals surface area contributed by atoms with Gasteiger partial charge in [0.1, 0.15) is 11.5 Å². The molecule has 0 radical (unpaired) electrons. The summed E-state index contributed by atoms with van der Waals surface area (Å²) >= 11 is 6.30. The smallest absolute Gasteiger partial charge is 0.340 e. The highest BCUT2D eigenvalue weighted by atomic mass is 35.5. The maximum absolute atomic E-state index is 12.6. The largest absolute Gasteiger partial charge is 0.495 e. The van der Waals surface area contributed by atoms with Crippen LogP contribution in [0.2, 0.25) is 5.02 Å². The highest BCUT2D eigenvalue weighted by molar-refractivity contribution is 6.32. The van der Waals surface area contributed by atoms with Gasteiger partial charge in [0.15, 0.2) is 0 Å². The van der Waals surface area contributed by atoms with Crippen LogP contribution in [0.1, 0.15) is 29.9 Å². The van der Waals surface area contributed by atoms with Crippen LogP contribution in [-0.2, 0) is 9.53 Å². The number of ether oxygens (including phenoxy) is 3. The third-order valence-corrected chi connectivity index (χ3v) is 4.61. The van der Waals surface area contributed by atoms with Gasteiger partial charge in [-0.3, -0.25) is 4.79 Å². The van der Waals surface area contributed by atoms with Crippen LogP contribution >= 0.6 is 11.6 Å². The Morgan fingerprint density at radius 2 is 1.89 bits per heavy atom. The molecule has 0 aliphatic heterocycles. The lowest BCUT2D eigenvalue weighted by Crippen LogP contribution is -2.07. The van der Waals surface area contributed by atoms with Crippen molar-refractivity contribution < 1.29 is 23.8 Å². The summed E-state index contributed by atoms with van der Waals surface area (Å²) in [5.74, 6) is 0.0382. The third kappa shape index (κ3) is 3.55. The van der Waals surface area contributed by atoms with Crippen LogP contribution in [0.4, 0.5) is 0 Å². The number of halogens is 1. The van der Waals surface area contributed by atoms with Crippen molar-refractivity contribution in [1.82, 2.24) is 4.57 Å². The number of aromatic nitrogens is 1. The van der Waals surface area contributed by atoms with E-state index in [1.165, 1.54) is 6.92 Å². The van der Waals surface area contributed by atoms with Crippen LogP contribution in [-0.4, -0.2) is 30.2 Å². The number of carbonyl (C=O) groups is 2. The van der Waals surface area contributed by atoms with E-state index in [0.717, 1.165) is 11.2 Å². The number of hydrogen-bond acceptors (Lipinski definition) is 5. The van der Waals surface area contributed by atoms with Crippen LogP contribution < -0.4 is 9.47 Å². The van der Waals surface area contributed by atoms with Crippen LogP contribution in [0.25, 0.3) is 16.6 Å².